The number of ketones is 1. The molecule has 0 bridgehead atoms. The van der Waals surface area contributed by atoms with Crippen molar-refractivity contribution in [2.24, 2.45) is 0 Å². The minimum absolute atomic E-state index is 0.0137. The highest BCUT2D eigenvalue weighted by molar-refractivity contribution is 6.52. The number of carbonyl (C=O) groups is 3. The molecule has 0 aliphatic carbocycles. The molecule has 1 aromatic rings. The SMILES string of the molecule is CC(C)NC(=O)CCN1C(=O)C(=O)c2cc(F)ccc21. The fourth-order valence-corrected chi connectivity index (χ4v) is 2.10. The Balaban J connectivity index is 2.12. The number of nitrogens with zero attached hydrogens (tertiary/aromatic N) is 1. The van der Waals surface area contributed by atoms with Crippen LogP contribution in [0.2, 0.25) is 0 Å². The topological polar surface area (TPSA) is 66.5 Å². The molecule has 1 heterocycles. The van der Waals surface area contributed by atoms with Gasteiger partial charge in [-0.3, -0.25) is 14.4 Å². The van der Waals surface area contributed by atoms with Crippen LogP contribution in [0.25, 0.3) is 0 Å². The van der Waals surface area contributed by atoms with Crippen LogP contribution in [-0.4, -0.2) is 30.2 Å². The van der Waals surface area contributed by atoms with Crippen LogP contribution in [0.4, 0.5) is 10.1 Å². The summed E-state index contributed by atoms with van der Waals surface area (Å²) in [7, 11) is 0. The van der Waals surface area contributed by atoms with Crippen LogP contribution in [0.15, 0.2) is 18.2 Å². The first-order valence-electron chi connectivity index (χ1n) is 6.35. The lowest BCUT2D eigenvalue weighted by molar-refractivity contribution is -0.121. The molecule has 2 amide bonds. The van der Waals surface area contributed by atoms with Crippen molar-refractivity contribution >= 4 is 23.3 Å². The van der Waals surface area contributed by atoms with Crippen molar-refractivity contribution in [2.75, 3.05) is 11.4 Å². The monoisotopic (exact) mass is 278 g/mol. The quantitative estimate of drug-likeness (QED) is 0.843. The molecule has 1 aliphatic rings. The molecule has 0 saturated heterocycles. The molecule has 5 nitrogen and oxygen atoms in total. The molecule has 0 atom stereocenters. The molecule has 0 unspecified atom stereocenters. The van der Waals surface area contributed by atoms with E-state index >= 15 is 0 Å². The van der Waals surface area contributed by atoms with Crippen LogP contribution >= 0.6 is 0 Å². The molecule has 0 saturated carbocycles. The van der Waals surface area contributed by atoms with Gasteiger partial charge in [-0.1, -0.05) is 0 Å². The third kappa shape index (κ3) is 2.68. The van der Waals surface area contributed by atoms with Crippen LogP contribution in [0, 0.1) is 5.82 Å². The molecule has 1 aliphatic heterocycles. The van der Waals surface area contributed by atoms with E-state index in [4.69, 9.17) is 0 Å². The van der Waals surface area contributed by atoms with E-state index in [2.05, 4.69) is 5.32 Å². The Morgan fingerprint density at radius 1 is 1.35 bits per heavy atom. The lowest BCUT2D eigenvalue weighted by Gasteiger charge is -2.16. The number of nitrogens with one attached hydrogen (secondary N) is 1. The van der Waals surface area contributed by atoms with Crippen molar-refractivity contribution in [1.82, 2.24) is 5.32 Å². The predicted octanol–water partition coefficient (Wildman–Crippen LogP) is 1.27. The summed E-state index contributed by atoms with van der Waals surface area (Å²) in [6.45, 7) is 3.77. The average molecular weight is 278 g/mol. The van der Waals surface area contributed by atoms with E-state index in [1.54, 1.807) is 0 Å². The standard InChI is InChI=1S/C14H15FN2O3/c1-8(2)16-12(18)5-6-17-11-4-3-9(15)7-10(11)13(19)14(17)20/h3-4,7-8H,5-6H2,1-2H3,(H,16,18). The molecule has 106 valence electrons. The Kier molecular flexibility index (Phi) is 3.83. The summed E-state index contributed by atoms with van der Waals surface area (Å²) in [6.07, 6.45) is 0.0913. The summed E-state index contributed by atoms with van der Waals surface area (Å²) < 4.78 is 13.1. The Morgan fingerprint density at radius 3 is 2.70 bits per heavy atom. The van der Waals surface area contributed by atoms with Gasteiger partial charge in [0.1, 0.15) is 5.82 Å². The highest BCUT2D eigenvalue weighted by atomic mass is 19.1. The maximum atomic E-state index is 13.1. The Bertz CT molecular complexity index is 584. The van der Waals surface area contributed by atoms with Crippen LogP contribution in [0.1, 0.15) is 30.6 Å². The van der Waals surface area contributed by atoms with Gasteiger partial charge in [0.05, 0.1) is 11.3 Å². The zero-order valence-electron chi connectivity index (χ0n) is 11.3. The summed E-state index contributed by atoms with van der Waals surface area (Å²) >= 11 is 0. The molecule has 1 aromatic carbocycles. The van der Waals surface area contributed by atoms with Crippen molar-refractivity contribution in [2.45, 2.75) is 26.3 Å². The van der Waals surface area contributed by atoms with Gasteiger partial charge in [-0.2, -0.15) is 0 Å². The van der Waals surface area contributed by atoms with Crippen LogP contribution in [-0.2, 0) is 9.59 Å². The summed E-state index contributed by atoms with van der Waals surface area (Å²) in [5.41, 5.74) is 0.415. The first kappa shape index (κ1) is 14.2. The van der Waals surface area contributed by atoms with Crippen molar-refractivity contribution in [3.05, 3.63) is 29.6 Å². The zero-order chi connectivity index (χ0) is 14.9. The van der Waals surface area contributed by atoms with E-state index < -0.39 is 17.5 Å². The first-order valence-corrected chi connectivity index (χ1v) is 6.35. The second kappa shape index (κ2) is 5.40. The fraction of sp³-hybridized carbons (Fsp3) is 0.357. The van der Waals surface area contributed by atoms with Crippen LogP contribution < -0.4 is 10.2 Å². The van der Waals surface area contributed by atoms with Gasteiger partial charge in [0.15, 0.2) is 0 Å². The second-order valence-electron chi connectivity index (χ2n) is 4.92. The molecule has 0 spiro atoms. The maximum Gasteiger partial charge on any atom is 0.299 e. The average Bonchev–Trinajstić information content (AvgIpc) is 2.59. The minimum Gasteiger partial charge on any atom is -0.354 e. The number of rotatable bonds is 4. The number of amides is 2. The molecule has 6 heteroatoms. The van der Waals surface area contributed by atoms with E-state index in [1.165, 1.54) is 17.0 Å². The van der Waals surface area contributed by atoms with Crippen molar-refractivity contribution in [1.29, 1.82) is 0 Å². The third-order valence-electron chi connectivity index (χ3n) is 2.95. The minimum atomic E-state index is -0.733. The number of fused-ring (bicyclic) bond motifs is 1. The van der Waals surface area contributed by atoms with Gasteiger partial charge in [-0.25, -0.2) is 4.39 Å². The van der Waals surface area contributed by atoms with Gasteiger partial charge < -0.3 is 10.2 Å². The lowest BCUT2D eigenvalue weighted by Crippen LogP contribution is -2.36. The van der Waals surface area contributed by atoms with Gasteiger partial charge in [0.25, 0.3) is 11.7 Å². The number of anilines is 1. The molecule has 20 heavy (non-hydrogen) atoms. The number of benzene rings is 1. The largest absolute Gasteiger partial charge is 0.354 e. The number of halogens is 1. The highest BCUT2D eigenvalue weighted by Crippen LogP contribution is 2.29. The molecule has 2 rings (SSSR count). The van der Waals surface area contributed by atoms with E-state index in [0.29, 0.717) is 5.69 Å². The van der Waals surface area contributed by atoms with Crippen molar-refractivity contribution < 1.29 is 18.8 Å². The number of Topliss-reactive ketones (excluding diaryl/α,β-unsaturated/α-hetero) is 1. The zero-order valence-corrected chi connectivity index (χ0v) is 11.3. The van der Waals surface area contributed by atoms with Crippen LogP contribution in [0.3, 0.4) is 0 Å². The first-order chi connectivity index (χ1) is 9.40. The van der Waals surface area contributed by atoms with Gasteiger partial charge >= 0.3 is 0 Å². The molecular formula is C14H15FN2O3. The summed E-state index contributed by atoms with van der Waals surface area (Å²) in [6, 6.07) is 3.63. The molecule has 0 radical (unpaired) electrons. The highest BCUT2D eigenvalue weighted by Gasteiger charge is 2.35. The van der Waals surface area contributed by atoms with E-state index in [-0.39, 0.29) is 30.5 Å². The third-order valence-corrected chi connectivity index (χ3v) is 2.95. The normalized spacial score (nSPS) is 13.9. The van der Waals surface area contributed by atoms with Crippen molar-refractivity contribution in [3.63, 3.8) is 0 Å². The fourth-order valence-electron chi connectivity index (χ4n) is 2.10. The lowest BCUT2D eigenvalue weighted by atomic mass is 10.1. The van der Waals surface area contributed by atoms with Crippen LogP contribution in [0.5, 0.6) is 0 Å². The molecule has 1 N–H and O–H groups in total. The second-order valence-corrected chi connectivity index (χ2v) is 4.92. The summed E-state index contributed by atoms with van der Waals surface area (Å²) in [5.74, 6) is -2.22. The van der Waals surface area contributed by atoms with Gasteiger partial charge in [0, 0.05) is 19.0 Å². The molecular weight excluding hydrogens is 263 g/mol. The predicted molar refractivity (Wildman–Crippen MR) is 71.0 cm³/mol. The summed E-state index contributed by atoms with van der Waals surface area (Å²) in [5, 5.41) is 2.70. The number of hydrogen-bond donors (Lipinski definition) is 1. The van der Waals surface area contributed by atoms with Gasteiger partial charge in [-0.05, 0) is 32.0 Å². The molecule has 0 fully saturated rings. The smallest absolute Gasteiger partial charge is 0.299 e. The van der Waals surface area contributed by atoms with E-state index in [9.17, 15) is 18.8 Å². The Hall–Kier alpha value is -2.24. The molecule has 0 aromatic heterocycles. The van der Waals surface area contributed by atoms with Gasteiger partial charge in [-0.15, -0.1) is 0 Å². The van der Waals surface area contributed by atoms with E-state index in [0.717, 1.165) is 6.07 Å². The van der Waals surface area contributed by atoms with E-state index in [1.807, 2.05) is 13.8 Å². The van der Waals surface area contributed by atoms with Gasteiger partial charge in [0.2, 0.25) is 5.91 Å². The maximum absolute atomic E-state index is 13.1. The summed E-state index contributed by atoms with van der Waals surface area (Å²) in [4.78, 5) is 36.3. The Labute approximate surface area is 115 Å². The van der Waals surface area contributed by atoms with Crippen molar-refractivity contribution in [3.8, 4) is 0 Å². The number of hydrogen-bond acceptors (Lipinski definition) is 3. The Morgan fingerprint density at radius 2 is 2.05 bits per heavy atom. The number of carbonyl (C=O) groups excluding carboxylic acids is 3.